The van der Waals surface area contributed by atoms with Gasteiger partial charge in [-0.05, 0) is 97.7 Å². The summed E-state index contributed by atoms with van der Waals surface area (Å²) in [5, 5.41) is 33.1. The van der Waals surface area contributed by atoms with E-state index in [1.165, 1.54) is 7.11 Å². The van der Waals surface area contributed by atoms with Crippen molar-refractivity contribution in [1.29, 1.82) is 0 Å². The van der Waals surface area contributed by atoms with Crippen LogP contribution in [0.2, 0.25) is 0 Å². The minimum absolute atomic E-state index is 0.111. The number of carbonyl (C=O) groups excluding carboxylic acids is 1. The molecule has 172 valence electrons. The minimum atomic E-state index is -0.369. The lowest BCUT2D eigenvalue weighted by Gasteiger charge is -2.63. The van der Waals surface area contributed by atoms with Crippen LogP contribution in [0.5, 0.6) is 0 Å². The Balaban J connectivity index is 1.58. The van der Waals surface area contributed by atoms with Gasteiger partial charge in [-0.2, -0.15) is 0 Å². The predicted molar refractivity (Wildman–Crippen MR) is 114 cm³/mol. The van der Waals surface area contributed by atoms with E-state index in [2.05, 4.69) is 20.8 Å². The normalized spacial score (nSPS) is 51.4. The largest absolute Gasteiger partial charge is 0.469 e. The van der Waals surface area contributed by atoms with Gasteiger partial charge in [0.15, 0.2) is 0 Å². The molecule has 0 bridgehead atoms. The number of carbonyl (C=O) groups is 1. The van der Waals surface area contributed by atoms with E-state index in [-0.39, 0.29) is 41.0 Å². The third kappa shape index (κ3) is 3.34. The molecule has 4 aliphatic rings. The molecule has 5 heteroatoms. The molecule has 0 unspecified atom stereocenters. The van der Waals surface area contributed by atoms with Crippen LogP contribution < -0.4 is 0 Å². The van der Waals surface area contributed by atoms with E-state index in [1.807, 2.05) is 0 Å². The van der Waals surface area contributed by atoms with Gasteiger partial charge in [-0.3, -0.25) is 4.79 Å². The van der Waals surface area contributed by atoms with E-state index < -0.39 is 0 Å². The molecule has 0 amide bonds. The van der Waals surface area contributed by atoms with E-state index in [1.54, 1.807) is 0 Å². The second-order valence-electron chi connectivity index (χ2n) is 11.6. The second kappa shape index (κ2) is 8.04. The Morgan fingerprint density at radius 1 is 1.07 bits per heavy atom. The molecular weight excluding hydrogens is 380 g/mol. The highest BCUT2D eigenvalue weighted by molar-refractivity contribution is 5.69. The zero-order chi connectivity index (χ0) is 21.8. The smallest absolute Gasteiger partial charge is 0.305 e. The van der Waals surface area contributed by atoms with E-state index in [0.717, 1.165) is 51.4 Å². The molecular formula is C25H42O5. The van der Waals surface area contributed by atoms with E-state index >= 15 is 0 Å². The van der Waals surface area contributed by atoms with Gasteiger partial charge < -0.3 is 20.1 Å². The van der Waals surface area contributed by atoms with Crippen LogP contribution in [0.15, 0.2) is 0 Å². The Bertz CT molecular complexity index is 651. The van der Waals surface area contributed by atoms with Crippen molar-refractivity contribution in [3.63, 3.8) is 0 Å². The molecule has 0 heterocycles. The number of aliphatic hydroxyl groups excluding tert-OH is 3. The molecule has 30 heavy (non-hydrogen) atoms. The van der Waals surface area contributed by atoms with Crippen molar-refractivity contribution >= 4 is 5.97 Å². The van der Waals surface area contributed by atoms with Crippen LogP contribution in [0.3, 0.4) is 0 Å². The summed E-state index contributed by atoms with van der Waals surface area (Å²) in [5.41, 5.74) is -0.0882. The maximum Gasteiger partial charge on any atom is 0.305 e. The Labute approximate surface area is 181 Å². The van der Waals surface area contributed by atoms with Crippen LogP contribution in [0.25, 0.3) is 0 Å². The van der Waals surface area contributed by atoms with Crippen molar-refractivity contribution < 1.29 is 24.9 Å². The first-order chi connectivity index (χ1) is 14.1. The summed E-state index contributed by atoms with van der Waals surface area (Å²) in [6.45, 7) is 6.85. The number of hydrogen-bond donors (Lipinski definition) is 3. The first-order valence-corrected chi connectivity index (χ1v) is 12.2. The van der Waals surface area contributed by atoms with Gasteiger partial charge in [0.2, 0.25) is 0 Å². The van der Waals surface area contributed by atoms with Crippen LogP contribution >= 0.6 is 0 Å². The van der Waals surface area contributed by atoms with Crippen molar-refractivity contribution in [1.82, 2.24) is 0 Å². The average Bonchev–Trinajstić information content (AvgIpc) is 3.06. The lowest BCUT2D eigenvalue weighted by atomic mass is 9.43. The number of hydrogen-bond acceptors (Lipinski definition) is 5. The highest BCUT2D eigenvalue weighted by Gasteiger charge is 2.65. The molecule has 0 spiro atoms. The second-order valence-corrected chi connectivity index (χ2v) is 11.6. The molecule has 11 atom stereocenters. The summed E-state index contributed by atoms with van der Waals surface area (Å²) < 4.78 is 4.83. The highest BCUT2D eigenvalue weighted by Crippen LogP contribution is 2.68. The predicted octanol–water partition coefficient (Wildman–Crippen LogP) is 3.54. The van der Waals surface area contributed by atoms with Gasteiger partial charge in [-0.25, -0.2) is 0 Å². The third-order valence-corrected chi connectivity index (χ3v) is 10.6. The van der Waals surface area contributed by atoms with Gasteiger partial charge in [0.1, 0.15) is 0 Å². The summed E-state index contributed by atoms with van der Waals surface area (Å²) in [7, 11) is 1.44. The fourth-order valence-corrected chi connectivity index (χ4v) is 8.78. The summed E-state index contributed by atoms with van der Waals surface area (Å²) >= 11 is 0. The zero-order valence-corrected chi connectivity index (χ0v) is 19.2. The maximum absolute atomic E-state index is 11.7. The Kier molecular flexibility index (Phi) is 6.04. The molecule has 0 aliphatic heterocycles. The topological polar surface area (TPSA) is 87.0 Å². The summed E-state index contributed by atoms with van der Waals surface area (Å²) in [5.74, 6) is 1.81. The summed E-state index contributed by atoms with van der Waals surface area (Å²) in [6.07, 6.45) is 6.60. The van der Waals surface area contributed by atoms with Gasteiger partial charge in [0.25, 0.3) is 0 Å². The van der Waals surface area contributed by atoms with Gasteiger partial charge in [-0.1, -0.05) is 20.8 Å². The monoisotopic (exact) mass is 422 g/mol. The number of fused-ring (bicyclic) bond motifs is 5. The van der Waals surface area contributed by atoms with Crippen LogP contribution in [0.1, 0.15) is 78.6 Å². The van der Waals surface area contributed by atoms with Crippen molar-refractivity contribution in [2.75, 3.05) is 7.11 Å². The van der Waals surface area contributed by atoms with E-state index in [0.29, 0.717) is 36.0 Å². The Hall–Kier alpha value is -0.650. The Morgan fingerprint density at radius 3 is 2.50 bits per heavy atom. The summed E-state index contributed by atoms with van der Waals surface area (Å²) in [4.78, 5) is 11.7. The molecule has 4 fully saturated rings. The van der Waals surface area contributed by atoms with Crippen molar-refractivity contribution in [2.45, 2.75) is 96.9 Å². The molecule has 3 N–H and O–H groups in total. The number of methoxy groups -OCH3 is 1. The summed E-state index contributed by atoms with van der Waals surface area (Å²) in [6, 6.07) is 0. The van der Waals surface area contributed by atoms with Crippen molar-refractivity contribution in [3.8, 4) is 0 Å². The standard InChI is InChI=1S/C25H42O5/c1-14(5-8-22(29)30-4)17-6-7-18-23-19(13-21(28)25(17,18)3)24(2)10-9-16(26)11-15(24)12-20(23)27/h14-21,23,26-28H,5-13H2,1-4H3/t14-,15-,16-,17+,18-,19-,20+,21-,23-,24-,25+/m0/s1. The highest BCUT2D eigenvalue weighted by atomic mass is 16.5. The lowest BCUT2D eigenvalue weighted by Crippen LogP contribution is -2.62. The minimum Gasteiger partial charge on any atom is -0.469 e. The molecule has 0 saturated heterocycles. The van der Waals surface area contributed by atoms with Gasteiger partial charge in [0.05, 0.1) is 25.4 Å². The number of rotatable bonds is 4. The van der Waals surface area contributed by atoms with Gasteiger partial charge in [-0.15, -0.1) is 0 Å². The third-order valence-electron chi connectivity index (χ3n) is 10.6. The molecule has 5 nitrogen and oxygen atoms in total. The maximum atomic E-state index is 11.7. The number of ether oxygens (including phenoxy) is 1. The molecule has 4 rings (SSSR count). The SMILES string of the molecule is COC(=O)CC[C@H](C)[C@H]1CC[C@H]2[C@@H]3[C@H](O)C[C@@H]4C[C@@H](O)CC[C@]4(C)[C@H]3C[C@H](O)[C@]12C. The lowest BCUT2D eigenvalue weighted by molar-refractivity contribution is -0.207. The molecule has 4 saturated carbocycles. The number of aliphatic hydroxyl groups is 3. The zero-order valence-electron chi connectivity index (χ0n) is 19.2. The fourth-order valence-electron chi connectivity index (χ4n) is 8.78. The van der Waals surface area contributed by atoms with E-state index in [4.69, 9.17) is 4.74 Å². The van der Waals surface area contributed by atoms with Gasteiger partial charge in [0, 0.05) is 6.42 Å². The van der Waals surface area contributed by atoms with E-state index in [9.17, 15) is 20.1 Å². The van der Waals surface area contributed by atoms with Crippen LogP contribution in [0.4, 0.5) is 0 Å². The van der Waals surface area contributed by atoms with Crippen LogP contribution in [0, 0.1) is 46.3 Å². The quantitative estimate of drug-likeness (QED) is 0.603. The molecule has 0 radical (unpaired) electrons. The molecule has 0 aromatic heterocycles. The first kappa shape index (κ1) is 22.5. The molecule has 4 aliphatic carbocycles. The first-order valence-electron chi connectivity index (χ1n) is 12.2. The Morgan fingerprint density at radius 2 is 1.80 bits per heavy atom. The van der Waals surface area contributed by atoms with Crippen molar-refractivity contribution in [2.24, 2.45) is 46.3 Å². The van der Waals surface area contributed by atoms with Gasteiger partial charge >= 0.3 is 5.97 Å². The van der Waals surface area contributed by atoms with Crippen molar-refractivity contribution in [3.05, 3.63) is 0 Å². The fraction of sp³-hybridized carbons (Fsp3) is 0.960. The number of esters is 1. The van der Waals surface area contributed by atoms with Crippen LogP contribution in [-0.4, -0.2) is 46.7 Å². The average molecular weight is 423 g/mol. The molecule has 0 aromatic rings. The molecule has 0 aromatic carbocycles. The van der Waals surface area contributed by atoms with Crippen LogP contribution in [-0.2, 0) is 9.53 Å².